The maximum Gasteiger partial charge on any atom is 0.277 e. The van der Waals surface area contributed by atoms with Gasteiger partial charge in [0.05, 0.1) is 31.7 Å². The number of thiazole rings is 1. The van der Waals surface area contributed by atoms with Gasteiger partial charge in [-0.3, -0.25) is 25.0 Å². The van der Waals surface area contributed by atoms with Gasteiger partial charge >= 0.3 is 0 Å². The molecule has 10 nitrogen and oxygen atoms in total. The smallest absolute Gasteiger partial charge is 0.277 e. The Balaban J connectivity index is 1.51. The molecule has 0 bridgehead atoms. The lowest BCUT2D eigenvalue weighted by molar-refractivity contribution is -0.394. The number of nitrogens with zero attached hydrogens (tertiary/aromatic N) is 5. The zero-order chi connectivity index (χ0) is 22.3. The van der Waals surface area contributed by atoms with Crippen LogP contribution in [0.25, 0.3) is 10.2 Å². The van der Waals surface area contributed by atoms with Gasteiger partial charge in [0, 0.05) is 38.3 Å². The summed E-state index contributed by atoms with van der Waals surface area (Å²) in [6, 6.07) is 7.23. The number of rotatable bonds is 4. The number of hydrogen-bond acceptors (Lipinski definition) is 8. The number of aryl methyl sites for hydroxylation is 2. The molecule has 0 unspecified atom stereocenters. The van der Waals surface area contributed by atoms with Crippen LogP contribution in [0.1, 0.15) is 21.5 Å². The minimum atomic E-state index is -0.738. The van der Waals surface area contributed by atoms with Crippen LogP contribution in [0.2, 0.25) is 0 Å². The van der Waals surface area contributed by atoms with E-state index in [4.69, 9.17) is 4.98 Å². The number of benzene rings is 2. The van der Waals surface area contributed by atoms with Crippen molar-refractivity contribution in [1.29, 1.82) is 0 Å². The fourth-order valence-electron chi connectivity index (χ4n) is 3.71. The monoisotopic (exact) mass is 441 g/mol. The van der Waals surface area contributed by atoms with Gasteiger partial charge in [0.1, 0.15) is 0 Å². The maximum absolute atomic E-state index is 12.9. The Bertz CT molecular complexity index is 1180. The van der Waals surface area contributed by atoms with E-state index in [0.29, 0.717) is 26.2 Å². The second kappa shape index (κ2) is 7.91. The first-order chi connectivity index (χ1) is 14.7. The van der Waals surface area contributed by atoms with Crippen LogP contribution in [0, 0.1) is 34.1 Å². The number of non-ortho nitro benzene ring substituents is 2. The Kier molecular flexibility index (Phi) is 5.27. The molecule has 160 valence electrons. The van der Waals surface area contributed by atoms with Crippen molar-refractivity contribution in [2.45, 2.75) is 13.8 Å². The number of carbonyl (C=O) groups excluding carboxylic acids is 1. The van der Waals surface area contributed by atoms with Gasteiger partial charge in [0.25, 0.3) is 17.3 Å². The van der Waals surface area contributed by atoms with Gasteiger partial charge in [-0.2, -0.15) is 0 Å². The molecule has 1 aliphatic rings. The highest BCUT2D eigenvalue weighted by Gasteiger charge is 2.27. The summed E-state index contributed by atoms with van der Waals surface area (Å²) < 4.78 is 1.12. The molecule has 1 amide bonds. The molecule has 1 saturated heterocycles. The molecule has 11 heteroatoms. The van der Waals surface area contributed by atoms with E-state index < -0.39 is 27.1 Å². The summed E-state index contributed by atoms with van der Waals surface area (Å²) >= 11 is 1.61. The third-order valence-corrected chi connectivity index (χ3v) is 6.29. The van der Waals surface area contributed by atoms with Gasteiger partial charge in [-0.15, -0.1) is 0 Å². The molecule has 0 spiro atoms. The van der Waals surface area contributed by atoms with Crippen LogP contribution < -0.4 is 4.90 Å². The second-order valence-corrected chi connectivity index (χ2v) is 8.47. The van der Waals surface area contributed by atoms with Gasteiger partial charge in [0.2, 0.25) is 0 Å². The highest BCUT2D eigenvalue weighted by molar-refractivity contribution is 7.22. The summed E-state index contributed by atoms with van der Waals surface area (Å²) in [5.74, 6) is -0.456. The van der Waals surface area contributed by atoms with E-state index in [1.165, 1.54) is 5.56 Å². The summed E-state index contributed by atoms with van der Waals surface area (Å²) in [6.07, 6.45) is 0. The maximum atomic E-state index is 12.9. The number of fused-ring (bicyclic) bond motifs is 1. The number of hydrogen-bond donors (Lipinski definition) is 0. The summed E-state index contributed by atoms with van der Waals surface area (Å²) in [4.78, 5) is 42.0. The van der Waals surface area contributed by atoms with Crippen molar-refractivity contribution in [3.05, 3.63) is 67.3 Å². The average Bonchev–Trinajstić information content (AvgIpc) is 3.17. The van der Waals surface area contributed by atoms with Crippen LogP contribution >= 0.6 is 11.3 Å². The van der Waals surface area contributed by atoms with Crippen LogP contribution in [0.4, 0.5) is 16.5 Å². The van der Waals surface area contributed by atoms with E-state index in [2.05, 4.69) is 24.0 Å². The highest BCUT2D eigenvalue weighted by Crippen LogP contribution is 2.32. The molecule has 1 aromatic heterocycles. The van der Waals surface area contributed by atoms with Crippen LogP contribution in [0.15, 0.2) is 30.3 Å². The molecule has 1 fully saturated rings. The molecule has 31 heavy (non-hydrogen) atoms. The van der Waals surface area contributed by atoms with Crippen molar-refractivity contribution in [2.75, 3.05) is 31.1 Å². The fraction of sp³-hybridized carbons (Fsp3) is 0.300. The van der Waals surface area contributed by atoms with Crippen molar-refractivity contribution >= 4 is 44.0 Å². The topological polar surface area (TPSA) is 123 Å². The largest absolute Gasteiger partial charge is 0.345 e. The second-order valence-electron chi connectivity index (χ2n) is 7.46. The Labute approximate surface area is 181 Å². The molecule has 3 aromatic rings. The van der Waals surface area contributed by atoms with Crippen molar-refractivity contribution < 1.29 is 14.6 Å². The molecular formula is C20H19N5O5S. The number of aromatic nitrogens is 1. The molecule has 2 aromatic carbocycles. The number of amides is 1. The molecule has 1 aliphatic heterocycles. The molecule has 0 atom stereocenters. The van der Waals surface area contributed by atoms with Gasteiger partial charge in [-0.1, -0.05) is 17.4 Å². The van der Waals surface area contributed by atoms with Crippen molar-refractivity contribution in [3.8, 4) is 0 Å². The SMILES string of the molecule is Cc1cc(C)c2nc(N3CCN(C(=O)c4cc([N+](=O)[O-])cc([N+](=O)[O-])c4)CC3)sc2c1. The highest BCUT2D eigenvalue weighted by atomic mass is 32.1. The molecular weight excluding hydrogens is 422 g/mol. The van der Waals surface area contributed by atoms with Crippen LogP contribution in [-0.4, -0.2) is 51.8 Å². The number of nitro groups is 2. The van der Waals surface area contributed by atoms with Crippen LogP contribution in [-0.2, 0) is 0 Å². The first kappa shape index (κ1) is 20.7. The van der Waals surface area contributed by atoms with Crippen molar-refractivity contribution in [3.63, 3.8) is 0 Å². The molecule has 0 saturated carbocycles. The normalized spacial score (nSPS) is 14.1. The lowest BCUT2D eigenvalue weighted by Gasteiger charge is -2.34. The molecule has 0 aliphatic carbocycles. The Morgan fingerprint density at radius 3 is 2.16 bits per heavy atom. The van der Waals surface area contributed by atoms with Crippen LogP contribution in [0.5, 0.6) is 0 Å². The molecule has 4 rings (SSSR count). The first-order valence-electron chi connectivity index (χ1n) is 9.59. The Hall–Kier alpha value is -3.60. The van der Waals surface area contributed by atoms with E-state index >= 15 is 0 Å². The van der Waals surface area contributed by atoms with Crippen molar-refractivity contribution in [1.82, 2.24) is 9.88 Å². The summed E-state index contributed by atoms with van der Waals surface area (Å²) in [5, 5.41) is 23.1. The van der Waals surface area contributed by atoms with E-state index in [-0.39, 0.29) is 5.56 Å². The number of anilines is 1. The van der Waals surface area contributed by atoms with Crippen LogP contribution in [0.3, 0.4) is 0 Å². The lowest BCUT2D eigenvalue weighted by atomic mass is 10.1. The first-order valence-corrected chi connectivity index (χ1v) is 10.4. The van der Waals surface area contributed by atoms with Gasteiger partial charge in [-0.25, -0.2) is 4.98 Å². The predicted molar refractivity (Wildman–Crippen MR) is 117 cm³/mol. The third kappa shape index (κ3) is 4.04. The zero-order valence-corrected chi connectivity index (χ0v) is 17.7. The predicted octanol–water partition coefficient (Wildman–Crippen LogP) is 3.69. The van der Waals surface area contributed by atoms with E-state index in [9.17, 15) is 25.0 Å². The number of nitro benzene ring substituents is 2. The van der Waals surface area contributed by atoms with Gasteiger partial charge in [0.15, 0.2) is 5.13 Å². The quantitative estimate of drug-likeness (QED) is 0.447. The Morgan fingerprint density at radius 1 is 0.968 bits per heavy atom. The van der Waals surface area contributed by atoms with Gasteiger partial charge < -0.3 is 9.80 Å². The zero-order valence-electron chi connectivity index (χ0n) is 16.9. The lowest BCUT2D eigenvalue weighted by Crippen LogP contribution is -2.48. The average molecular weight is 441 g/mol. The van der Waals surface area contributed by atoms with Gasteiger partial charge in [-0.05, 0) is 31.0 Å². The van der Waals surface area contributed by atoms with E-state index in [1.54, 1.807) is 16.2 Å². The molecule has 0 N–H and O–H groups in total. The Morgan fingerprint density at radius 2 is 1.58 bits per heavy atom. The minimum absolute atomic E-state index is 0.0552. The van der Waals surface area contributed by atoms with E-state index in [0.717, 1.165) is 39.1 Å². The van der Waals surface area contributed by atoms with Crippen molar-refractivity contribution in [2.24, 2.45) is 0 Å². The fourth-order valence-corrected chi connectivity index (χ4v) is 4.90. The molecule has 0 radical (unpaired) electrons. The third-order valence-electron chi connectivity index (χ3n) is 5.23. The summed E-state index contributed by atoms with van der Waals surface area (Å²) in [7, 11) is 0. The standard InChI is InChI=1S/C20H19N5O5S/c1-12-7-13(2)18-17(8-12)31-20(21-18)23-5-3-22(4-6-23)19(26)14-9-15(24(27)28)11-16(10-14)25(29)30/h7-11H,3-6H2,1-2H3. The molecule has 2 heterocycles. The summed E-state index contributed by atoms with van der Waals surface area (Å²) in [5.41, 5.74) is 2.28. The van der Waals surface area contributed by atoms with E-state index in [1.807, 2.05) is 6.92 Å². The minimum Gasteiger partial charge on any atom is -0.345 e. The number of piperazine rings is 1. The summed E-state index contributed by atoms with van der Waals surface area (Å²) in [6.45, 7) is 5.98. The number of carbonyl (C=O) groups is 1.